The Labute approximate surface area is 175 Å². The van der Waals surface area contributed by atoms with Crippen molar-refractivity contribution in [1.82, 2.24) is 10.6 Å². The lowest BCUT2D eigenvalue weighted by atomic mass is 10.0. The predicted octanol–water partition coefficient (Wildman–Crippen LogP) is 4.51. The van der Waals surface area contributed by atoms with Crippen molar-refractivity contribution in [3.63, 3.8) is 0 Å². The summed E-state index contributed by atoms with van der Waals surface area (Å²) in [6.45, 7) is 2.13. The summed E-state index contributed by atoms with van der Waals surface area (Å²) in [6, 6.07) is 9.53. The first-order valence-corrected chi connectivity index (χ1v) is 9.89. The van der Waals surface area contributed by atoms with Crippen LogP contribution in [-0.2, 0) is 4.79 Å². The van der Waals surface area contributed by atoms with Crippen LogP contribution < -0.4 is 15.4 Å². The number of amides is 2. The van der Waals surface area contributed by atoms with Gasteiger partial charge in [-0.15, -0.1) is 0 Å². The number of carbonyl (C=O) groups is 2. The summed E-state index contributed by atoms with van der Waals surface area (Å²) in [5.41, 5.74) is 1.13. The first-order chi connectivity index (χ1) is 12.9. The maximum atomic E-state index is 12.6. The standard InChI is InChI=1S/C19H17BrCl2N2O3/c1-10(23-19(26)12-3-2-4-14(21)17(12)22)18(25)24-15-7-8-27-16-6-5-11(20)9-13(15)16/h2-6,9-10,15H,7-8H2,1H3,(H,23,26)(H,24,25). The minimum atomic E-state index is -0.744. The molecule has 27 heavy (non-hydrogen) atoms. The fourth-order valence-corrected chi connectivity index (χ4v) is 3.60. The minimum absolute atomic E-state index is 0.160. The van der Waals surface area contributed by atoms with Crippen LogP contribution in [0.3, 0.4) is 0 Å². The zero-order valence-corrected chi connectivity index (χ0v) is 17.5. The summed E-state index contributed by atoms with van der Waals surface area (Å²) in [5.74, 6) is -0.00301. The van der Waals surface area contributed by atoms with Crippen molar-refractivity contribution in [2.45, 2.75) is 25.4 Å². The van der Waals surface area contributed by atoms with Crippen LogP contribution in [0.4, 0.5) is 0 Å². The van der Waals surface area contributed by atoms with Crippen molar-refractivity contribution in [2.24, 2.45) is 0 Å². The Bertz CT molecular complexity index is 891. The highest BCUT2D eigenvalue weighted by Gasteiger charge is 2.26. The minimum Gasteiger partial charge on any atom is -0.493 e. The SMILES string of the molecule is CC(NC(=O)c1cccc(Cl)c1Cl)C(=O)NC1CCOc2ccc(Br)cc21. The largest absolute Gasteiger partial charge is 0.493 e. The molecule has 2 N–H and O–H groups in total. The smallest absolute Gasteiger partial charge is 0.253 e. The fourth-order valence-electron chi connectivity index (χ4n) is 2.83. The molecule has 2 unspecified atom stereocenters. The van der Waals surface area contributed by atoms with E-state index in [1.54, 1.807) is 25.1 Å². The predicted molar refractivity (Wildman–Crippen MR) is 109 cm³/mol. The second kappa shape index (κ2) is 8.50. The summed E-state index contributed by atoms with van der Waals surface area (Å²) >= 11 is 15.4. The van der Waals surface area contributed by atoms with E-state index in [9.17, 15) is 9.59 Å². The molecule has 1 aliphatic heterocycles. The molecule has 0 aromatic heterocycles. The number of fused-ring (bicyclic) bond motifs is 1. The molecule has 0 radical (unpaired) electrons. The molecule has 1 aliphatic rings. The van der Waals surface area contributed by atoms with E-state index < -0.39 is 11.9 Å². The van der Waals surface area contributed by atoms with Gasteiger partial charge in [-0.2, -0.15) is 0 Å². The highest BCUT2D eigenvalue weighted by atomic mass is 79.9. The molecule has 142 valence electrons. The number of nitrogens with one attached hydrogen (secondary N) is 2. The van der Waals surface area contributed by atoms with Crippen LogP contribution in [0.25, 0.3) is 0 Å². The van der Waals surface area contributed by atoms with Gasteiger partial charge in [-0.3, -0.25) is 9.59 Å². The van der Waals surface area contributed by atoms with Crippen molar-refractivity contribution in [3.05, 3.63) is 62.0 Å². The van der Waals surface area contributed by atoms with Crippen LogP contribution in [0.2, 0.25) is 10.0 Å². The molecule has 3 rings (SSSR count). The molecule has 2 aromatic rings. The number of hydrogen-bond donors (Lipinski definition) is 2. The molecular weight excluding hydrogens is 455 g/mol. The topological polar surface area (TPSA) is 67.4 Å². The number of carbonyl (C=O) groups excluding carboxylic acids is 2. The van der Waals surface area contributed by atoms with E-state index in [1.807, 2.05) is 18.2 Å². The van der Waals surface area contributed by atoms with Crippen molar-refractivity contribution in [2.75, 3.05) is 6.61 Å². The van der Waals surface area contributed by atoms with Gasteiger partial charge < -0.3 is 15.4 Å². The molecule has 2 atom stereocenters. The molecule has 5 nitrogen and oxygen atoms in total. The molecule has 8 heteroatoms. The van der Waals surface area contributed by atoms with Crippen LogP contribution in [0.15, 0.2) is 40.9 Å². The fraction of sp³-hybridized carbons (Fsp3) is 0.263. The van der Waals surface area contributed by atoms with Crippen molar-refractivity contribution in [1.29, 1.82) is 0 Å². The third kappa shape index (κ3) is 4.57. The van der Waals surface area contributed by atoms with Crippen molar-refractivity contribution in [3.8, 4) is 5.75 Å². The Kier molecular flexibility index (Phi) is 6.29. The molecule has 0 saturated carbocycles. The van der Waals surface area contributed by atoms with E-state index in [0.717, 1.165) is 15.8 Å². The first kappa shape index (κ1) is 20.0. The highest BCUT2D eigenvalue weighted by Crippen LogP contribution is 2.34. The molecule has 2 aromatic carbocycles. The molecule has 0 saturated heterocycles. The molecule has 1 heterocycles. The molecular formula is C19H17BrCl2N2O3. The van der Waals surface area contributed by atoms with E-state index in [-0.39, 0.29) is 27.6 Å². The number of ether oxygens (including phenoxy) is 1. The van der Waals surface area contributed by atoms with Gasteiger partial charge in [0.1, 0.15) is 11.8 Å². The lowest BCUT2D eigenvalue weighted by Crippen LogP contribution is -2.46. The normalized spacial score (nSPS) is 16.7. The van der Waals surface area contributed by atoms with Crippen LogP contribution in [0.5, 0.6) is 5.75 Å². The maximum absolute atomic E-state index is 12.6. The van der Waals surface area contributed by atoms with Gasteiger partial charge in [-0.1, -0.05) is 45.2 Å². The van der Waals surface area contributed by atoms with Gasteiger partial charge in [-0.25, -0.2) is 0 Å². The third-order valence-electron chi connectivity index (χ3n) is 4.26. The van der Waals surface area contributed by atoms with Gasteiger partial charge in [0, 0.05) is 16.5 Å². The Hall–Kier alpha value is -1.76. The average molecular weight is 472 g/mol. The van der Waals surface area contributed by atoms with E-state index in [2.05, 4.69) is 26.6 Å². The Morgan fingerprint density at radius 3 is 2.81 bits per heavy atom. The Morgan fingerprint density at radius 2 is 2.04 bits per heavy atom. The second-order valence-electron chi connectivity index (χ2n) is 6.18. The van der Waals surface area contributed by atoms with Gasteiger partial charge in [0.2, 0.25) is 5.91 Å². The van der Waals surface area contributed by atoms with Crippen molar-refractivity contribution < 1.29 is 14.3 Å². The first-order valence-electron chi connectivity index (χ1n) is 8.34. The second-order valence-corrected chi connectivity index (χ2v) is 7.88. The monoisotopic (exact) mass is 470 g/mol. The number of halogens is 3. The zero-order chi connectivity index (χ0) is 19.6. The maximum Gasteiger partial charge on any atom is 0.253 e. The molecule has 0 aliphatic carbocycles. The summed E-state index contributed by atoms with van der Waals surface area (Å²) < 4.78 is 6.53. The lowest BCUT2D eigenvalue weighted by Gasteiger charge is -2.28. The third-order valence-corrected chi connectivity index (χ3v) is 5.58. The van der Waals surface area contributed by atoms with Gasteiger partial charge in [0.25, 0.3) is 5.91 Å². The van der Waals surface area contributed by atoms with Crippen LogP contribution in [0, 0.1) is 0 Å². The van der Waals surface area contributed by atoms with Crippen LogP contribution in [0.1, 0.15) is 35.3 Å². The van der Waals surface area contributed by atoms with Crippen molar-refractivity contribution >= 4 is 50.9 Å². The number of hydrogen-bond acceptors (Lipinski definition) is 3. The molecule has 0 fully saturated rings. The van der Waals surface area contributed by atoms with E-state index >= 15 is 0 Å². The average Bonchev–Trinajstić information content (AvgIpc) is 2.64. The van der Waals surface area contributed by atoms with Crippen LogP contribution >= 0.6 is 39.1 Å². The van der Waals surface area contributed by atoms with Gasteiger partial charge in [0.05, 0.1) is 28.3 Å². The van der Waals surface area contributed by atoms with Gasteiger partial charge in [0.15, 0.2) is 0 Å². The molecule has 2 amide bonds. The molecule has 0 bridgehead atoms. The summed E-state index contributed by atoms with van der Waals surface area (Å²) in [5, 5.41) is 6.07. The van der Waals surface area contributed by atoms with E-state index in [4.69, 9.17) is 27.9 Å². The Balaban J connectivity index is 1.68. The van der Waals surface area contributed by atoms with Gasteiger partial charge >= 0.3 is 0 Å². The summed E-state index contributed by atoms with van der Waals surface area (Å²) in [4.78, 5) is 25.0. The van der Waals surface area contributed by atoms with Crippen LogP contribution in [-0.4, -0.2) is 24.5 Å². The van der Waals surface area contributed by atoms with E-state index in [1.165, 1.54) is 0 Å². The van der Waals surface area contributed by atoms with Gasteiger partial charge in [-0.05, 0) is 37.3 Å². The highest BCUT2D eigenvalue weighted by molar-refractivity contribution is 9.10. The number of rotatable bonds is 4. The molecule has 0 spiro atoms. The quantitative estimate of drug-likeness (QED) is 0.689. The summed E-state index contributed by atoms with van der Waals surface area (Å²) in [6.07, 6.45) is 0.649. The van der Waals surface area contributed by atoms with E-state index in [0.29, 0.717) is 13.0 Å². The summed E-state index contributed by atoms with van der Waals surface area (Å²) in [7, 11) is 0. The Morgan fingerprint density at radius 1 is 1.26 bits per heavy atom. The number of benzene rings is 2. The zero-order valence-electron chi connectivity index (χ0n) is 14.4. The lowest BCUT2D eigenvalue weighted by molar-refractivity contribution is -0.123.